The minimum absolute atomic E-state index is 0.355. The third kappa shape index (κ3) is 4.31. The third-order valence-corrected chi connectivity index (χ3v) is 5.65. The Kier molecular flexibility index (Phi) is 4.86. The van der Waals surface area contributed by atoms with Crippen LogP contribution < -0.4 is 4.72 Å². The standard InChI is InChI=1S/C14H14F3NO3S2/c1-13(19,12-6-3-7-22-12)9-18-23(20,21)11-5-2-4-10(8-11)14(15,16)17/h2-8,18-19H,9H2,1H3/t13-/m0/s1. The van der Waals surface area contributed by atoms with E-state index in [0.717, 1.165) is 18.2 Å². The summed E-state index contributed by atoms with van der Waals surface area (Å²) in [6, 6.07) is 6.79. The van der Waals surface area contributed by atoms with Crippen molar-refractivity contribution in [1.82, 2.24) is 4.72 Å². The maximum Gasteiger partial charge on any atom is 0.416 e. The van der Waals surface area contributed by atoms with Gasteiger partial charge in [0.1, 0.15) is 5.60 Å². The van der Waals surface area contributed by atoms with Gasteiger partial charge < -0.3 is 5.11 Å². The fourth-order valence-corrected chi connectivity index (χ4v) is 3.80. The van der Waals surface area contributed by atoms with E-state index in [1.165, 1.54) is 18.3 Å². The summed E-state index contributed by atoms with van der Waals surface area (Å²) in [5, 5.41) is 12.0. The van der Waals surface area contributed by atoms with Crippen molar-refractivity contribution in [2.45, 2.75) is 23.6 Å². The average molecular weight is 365 g/mol. The highest BCUT2D eigenvalue weighted by Gasteiger charge is 2.32. The Hall–Kier alpha value is -1.42. The van der Waals surface area contributed by atoms with Gasteiger partial charge in [-0.1, -0.05) is 12.1 Å². The fourth-order valence-electron chi connectivity index (χ4n) is 1.83. The molecule has 0 aliphatic carbocycles. The van der Waals surface area contributed by atoms with E-state index in [0.29, 0.717) is 10.9 Å². The SMILES string of the molecule is C[C@](O)(CNS(=O)(=O)c1cccc(C(F)(F)F)c1)c1cccs1. The zero-order valence-corrected chi connectivity index (χ0v) is 13.6. The number of alkyl halides is 3. The zero-order chi connectivity index (χ0) is 17.3. The lowest BCUT2D eigenvalue weighted by molar-refractivity contribution is -0.137. The number of hydrogen-bond acceptors (Lipinski definition) is 4. The molecule has 23 heavy (non-hydrogen) atoms. The van der Waals surface area contributed by atoms with E-state index in [-0.39, 0.29) is 6.54 Å². The molecular weight excluding hydrogens is 351 g/mol. The van der Waals surface area contributed by atoms with Gasteiger partial charge in [0.2, 0.25) is 10.0 Å². The van der Waals surface area contributed by atoms with Gasteiger partial charge in [0, 0.05) is 11.4 Å². The van der Waals surface area contributed by atoms with E-state index in [1.807, 2.05) is 0 Å². The van der Waals surface area contributed by atoms with Crippen LogP contribution in [0.3, 0.4) is 0 Å². The van der Waals surface area contributed by atoms with Crippen molar-refractivity contribution in [3.8, 4) is 0 Å². The molecular formula is C14H14F3NO3S2. The predicted octanol–water partition coefficient (Wildman–Crippen LogP) is 2.95. The summed E-state index contributed by atoms with van der Waals surface area (Å²) in [5.74, 6) is 0. The van der Waals surface area contributed by atoms with Crippen LogP contribution in [0.2, 0.25) is 0 Å². The summed E-state index contributed by atoms with van der Waals surface area (Å²) in [7, 11) is -4.17. The lowest BCUT2D eigenvalue weighted by Gasteiger charge is -2.22. The van der Waals surface area contributed by atoms with Crippen molar-refractivity contribution < 1.29 is 26.7 Å². The molecule has 1 heterocycles. The monoisotopic (exact) mass is 365 g/mol. The van der Waals surface area contributed by atoms with Gasteiger partial charge in [0.05, 0.1) is 10.5 Å². The van der Waals surface area contributed by atoms with E-state index in [9.17, 15) is 26.7 Å². The van der Waals surface area contributed by atoms with Crippen molar-refractivity contribution in [3.05, 3.63) is 52.2 Å². The Labute approximate surface area is 135 Å². The summed E-state index contributed by atoms with van der Waals surface area (Å²) in [5.41, 5.74) is -2.51. The predicted molar refractivity (Wildman–Crippen MR) is 80.5 cm³/mol. The van der Waals surface area contributed by atoms with Crippen molar-refractivity contribution in [2.24, 2.45) is 0 Å². The quantitative estimate of drug-likeness (QED) is 0.856. The second-order valence-electron chi connectivity index (χ2n) is 5.10. The molecule has 1 atom stereocenters. The van der Waals surface area contributed by atoms with Gasteiger partial charge in [-0.05, 0) is 36.6 Å². The molecule has 1 aromatic heterocycles. The number of nitrogens with one attached hydrogen (secondary N) is 1. The maximum absolute atomic E-state index is 12.7. The maximum atomic E-state index is 12.7. The number of hydrogen-bond donors (Lipinski definition) is 2. The van der Waals surface area contributed by atoms with Gasteiger partial charge in [-0.2, -0.15) is 13.2 Å². The first-order valence-electron chi connectivity index (χ1n) is 6.46. The van der Waals surface area contributed by atoms with Crippen LogP contribution in [-0.4, -0.2) is 20.1 Å². The van der Waals surface area contributed by atoms with Crippen LogP contribution in [0.15, 0.2) is 46.7 Å². The summed E-state index contributed by atoms with van der Waals surface area (Å²) >= 11 is 1.25. The number of thiophene rings is 1. The first kappa shape index (κ1) is 17.9. The molecule has 0 saturated heterocycles. The first-order chi connectivity index (χ1) is 10.5. The molecule has 126 valence electrons. The van der Waals surface area contributed by atoms with Crippen LogP contribution in [0.1, 0.15) is 17.4 Å². The van der Waals surface area contributed by atoms with Crippen molar-refractivity contribution in [2.75, 3.05) is 6.54 Å². The number of rotatable bonds is 5. The molecule has 2 rings (SSSR count). The Morgan fingerprint density at radius 1 is 1.22 bits per heavy atom. The molecule has 0 spiro atoms. The molecule has 2 N–H and O–H groups in total. The summed E-state index contributed by atoms with van der Waals surface area (Å²) in [6.45, 7) is 1.07. The zero-order valence-electron chi connectivity index (χ0n) is 12.0. The molecule has 0 radical (unpaired) electrons. The summed E-state index contributed by atoms with van der Waals surface area (Å²) in [4.78, 5) is 0.0403. The van der Waals surface area contributed by atoms with Crippen LogP contribution >= 0.6 is 11.3 Å². The lowest BCUT2D eigenvalue weighted by Crippen LogP contribution is -2.38. The number of halogens is 3. The number of sulfonamides is 1. The number of aliphatic hydroxyl groups is 1. The Morgan fingerprint density at radius 3 is 2.48 bits per heavy atom. The highest BCUT2D eigenvalue weighted by molar-refractivity contribution is 7.89. The highest BCUT2D eigenvalue weighted by atomic mass is 32.2. The van der Waals surface area contributed by atoms with Crippen LogP contribution in [0.25, 0.3) is 0 Å². The normalized spacial score (nSPS) is 15.3. The highest BCUT2D eigenvalue weighted by Crippen LogP contribution is 2.30. The molecule has 9 heteroatoms. The minimum atomic E-state index is -4.63. The van der Waals surface area contributed by atoms with E-state index in [2.05, 4.69) is 4.72 Å². The smallest absolute Gasteiger partial charge is 0.383 e. The van der Waals surface area contributed by atoms with E-state index in [1.54, 1.807) is 17.5 Å². The molecule has 0 amide bonds. The Bertz CT molecular complexity index is 769. The Morgan fingerprint density at radius 2 is 1.91 bits per heavy atom. The third-order valence-electron chi connectivity index (χ3n) is 3.13. The molecule has 0 bridgehead atoms. The van der Waals surface area contributed by atoms with Crippen molar-refractivity contribution >= 4 is 21.4 Å². The summed E-state index contributed by atoms with van der Waals surface area (Å²) in [6.07, 6.45) is -4.63. The summed E-state index contributed by atoms with van der Waals surface area (Å²) < 4.78 is 64.4. The molecule has 1 aromatic carbocycles. The molecule has 0 fully saturated rings. The van der Waals surface area contributed by atoms with Gasteiger partial charge in [0.25, 0.3) is 0 Å². The van der Waals surface area contributed by atoms with Crippen LogP contribution in [0.5, 0.6) is 0 Å². The molecule has 2 aromatic rings. The van der Waals surface area contributed by atoms with Crippen molar-refractivity contribution in [1.29, 1.82) is 0 Å². The van der Waals surface area contributed by atoms with Crippen LogP contribution in [-0.2, 0) is 21.8 Å². The topological polar surface area (TPSA) is 66.4 Å². The lowest BCUT2D eigenvalue weighted by atomic mass is 10.1. The van der Waals surface area contributed by atoms with Gasteiger partial charge in [0.15, 0.2) is 0 Å². The molecule has 0 aliphatic rings. The largest absolute Gasteiger partial charge is 0.416 e. The van der Waals surface area contributed by atoms with E-state index < -0.39 is 32.3 Å². The second kappa shape index (κ2) is 6.23. The average Bonchev–Trinajstić information content (AvgIpc) is 3.00. The molecule has 0 aliphatic heterocycles. The Balaban J connectivity index is 2.20. The van der Waals surface area contributed by atoms with Gasteiger partial charge in [-0.25, -0.2) is 13.1 Å². The minimum Gasteiger partial charge on any atom is -0.383 e. The van der Waals surface area contributed by atoms with Gasteiger partial charge in [-0.3, -0.25) is 0 Å². The molecule has 0 saturated carbocycles. The fraction of sp³-hybridized carbons (Fsp3) is 0.286. The van der Waals surface area contributed by atoms with E-state index >= 15 is 0 Å². The second-order valence-corrected chi connectivity index (χ2v) is 7.82. The van der Waals surface area contributed by atoms with Crippen LogP contribution in [0, 0.1) is 0 Å². The first-order valence-corrected chi connectivity index (χ1v) is 8.82. The van der Waals surface area contributed by atoms with Gasteiger partial charge >= 0.3 is 6.18 Å². The van der Waals surface area contributed by atoms with E-state index in [4.69, 9.17) is 0 Å². The molecule has 4 nitrogen and oxygen atoms in total. The van der Waals surface area contributed by atoms with Crippen molar-refractivity contribution in [3.63, 3.8) is 0 Å². The van der Waals surface area contributed by atoms with Crippen LogP contribution in [0.4, 0.5) is 13.2 Å². The molecule has 0 unspecified atom stereocenters. The van der Waals surface area contributed by atoms with Gasteiger partial charge in [-0.15, -0.1) is 11.3 Å². The number of benzene rings is 1.